The summed E-state index contributed by atoms with van der Waals surface area (Å²) in [6.07, 6.45) is 0. The molecule has 3 nitrogen and oxygen atoms in total. The van der Waals surface area contributed by atoms with E-state index < -0.39 is 11.8 Å². The minimum atomic E-state index is -0.578. The Bertz CT molecular complexity index is 323. The summed E-state index contributed by atoms with van der Waals surface area (Å²) in [6, 6.07) is 3.89. The van der Waals surface area contributed by atoms with Crippen molar-refractivity contribution >= 4 is 5.97 Å². The Morgan fingerprint density at radius 1 is 1.38 bits per heavy atom. The highest BCUT2D eigenvalue weighted by atomic mass is 18.2. The van der Waals surface area contributed by atoms with E-state index in [-0.39, 0.29) is 11.3 Å². The zero-order valence-electron chi connectivity index (χ0n) is 7.33. The minimum Gasteiger partial charge on any atom is -0.494 e. The fraction of sp³-hybridized carbons (Fsp3) is 0.222. The molecule has 13 heavy (non-hydrogen) atoms. The highest BCUT2D eigenvalue weighted by Crippen LogP contribution is 2.17. The Labute approximate surface area is 75.1 Å². The summed E-state index contributed by atoms with van der Waals surface area (Å²) in [5.41, 5.74) is 0.167. The van der Waals surface area contributed by atoms with E-state index in [1.807, 2.05) is 0 Å². The number of rotatable bonds is 2. The van der Waals surface area contributed by atoms with Gasteiger partial charge in [-0.3, -0.25) is 0 Å². The van der Waals surface area contributed by atoms with Crippen molar-refractivity contribution in [1.82, 2.24) is 0 Å². The number of hydrogen-bond donors (Lipinski definition) is 0. The van der Waals surface area contributed by atoms with Gasteiger partial charge in [0, 0.05) is 0 Å². The number of hydrogen-bond acceptors (Lipinski definition) is 3. The van der Waals surface area contributed by atoms with Crippen LogP contribution in [-0.4, -0.2) is 20.2 Å². The van der Waals surface area contributed by atoms with E-state index in [1.54, 1.807) is 0 Å². The summed E-state index contributed by atoms with van der Waals surface area (Å²) in [5, 5.41) is 0. The molecule has 0 fully saturated rings. The van der Waals surface area contributed by atoms with Crippen molar-refractivity contribution in [2.75, 3.05) is 14.2 Å². The van der Waals surface area contributed by atoms with E-state index in [0.717, 1.165) is 6.07 Å². The molecule has 70 valence electrons. The first kappa shape index (κ1) is 9.51. The second-order valence-electron chi connectivity index (χ2n) is 2.34. The van der Waals surface area contributed by atoms with Gasteiger partial charge in [-0.25, -0.2) is 9.18 Å². The number of methoxy groups -OCH3 is 2. The number of carbonyl (C=O) groups is 1. The van der Waals surface area contributed by atoms with Crippen molar-refractivity contribution in [3.63, 3.8) is 0 Å². The fourth-order valence-corrected chi connectivity index (χ4v) is 0.911. The van der Waals surface area contributed by atoms with E-state index in [0.29, 0.717) is 0 Å². The third kappa shape index (κ3) is 1.96. The van der Waals surface area contributed by atoms with Crippen LogP contribution >= 0.6 is 0 Å². The monoisotopic (exact) mass is 183 g/mol. The molecule has 1 aromatic rings. The standard InChI is InChI=1S/C9H9FO3/c1-12-8-4-3-6(5-7(8)10)9(11)13-2/h3-5H,1-2H3/i10-1. The zero-order chi connectivity index (χ0) is 9.84. The lowest BCUT2D eigenvalue weighted by molar-refractivity contribution is 0.0600. The molecule has 0 heterocycles. The van der Waals surface area contributed by atoms with Crippen molar-refractivity contribution in [3.8, 4) is 5.75 Å². The average Bonchev–Trinajstić information content (AvgIpc) is 2.16. The van der Waals surface area contributed by atoms with Gasteiger partial charge in [-0.1, -0.05) is 0 Å². The van der Waals surface area contributed by atoms with Crippen LogP contribution in [-0.2, 0) is 4.74 Å². The second-order valence-corrected chi connectivity index (χ2v) is 2.34. The molecular formula is C9H9FO3. The van der Waals surface area contributed by atoms with Gasteiger partial charge in [0.15, 0.2) is 11.6 Å². The molecule has 4 heteroatoms. The predicted molar refractivity (Wildman–Crippen MR) is 44.3 cm³/mol. The predicted octanol–water partition coefficient (Wildman–Crippen LogP) is 1.62. The number of benzene rings is 1. The van der Waals surface area contributed by atoms with Crippen LogP contribution in [0, 0.1) is 5.82 Å². The Morgan fingerprint density at radius 3 is 2.54 bits per heavy atom. The van der Waals surface area contributed by atoms with Crippen molar-refractivity contribution in [2.45, 2.75) is 0 Å². The molecule has 0 atom stereocenters. The molecule has 0 bridgehead atoms. The average molecular weight is 183 g/mol. The maximum atomic E-state index is 13.0. The van der Waals surface area contributed by atoms with Gasteiger partial charge in [0.05, 0.1) is 19.8 Å². The van der Waals surface area contributed by atoms with Gasteiger partial charge < -0.3 is 9.47 Å². The largest absolute Gasteiger partial charge is 0.494 e. The van der Waals surface area contributed by atoms with Gasteiger partial charge in [0.25, 0.3) is 0 Å². The molecule has 0 N–H and O–H groups in total. The zero-order valence-corrected chi connectivity index (χ0v) is 7.33. The molecule has 0 aliphatic heterocycles. The van der Waals surface area contributed by atoms with Gasteiger partial charge in [0.2, 0.25) is 0 Å². The lowest BCUT2D eigenvalue weighted by Gasteiger charge is -2.03. The van der Waals surface area contributed by atoms with Crippen LogP contribution in [0.1, 0.15) is 10.4 Å². The van der Waals surface area contributed by atoms with Crippen LogP contribution in [0.15, 0.2) is 18.2 Å². The molecule has 1 rings (SSSR count). The molecule has 0 saturated carbocycles. The molecule has 0 amide bonds. The third-order valence-corrected chi connectivity index (χ3v) is 1.57. The highest BCUT2D eigenvalue weighted by Gasteiger charge is 2.09. The summed E-state index contributed by atoms with van der Waals surface area (Å²) < 4.78 is 22.1. The maximum Gasteiger partial charge on any atom is 0.337 e. The molecule has 0 aliphatic rings. The number of esters is 1. The molecule has 0 radical (unpaired) electrons. The molecule has 1 aromatic carbocycles. The Kier molecular flexibility index (Phi) is 2.84. The molecule has 0 unspecified atom stereocenters. The summed E-state index contributed by atoms with van der Waals surface area (Å²) in [5.74, 6) is -1.04. The molecule has 0 saturated heterocycles. The first-order chi connectivity index (χ1) is 6.19. The van der Waals surface area contributed by atoms with Crippen LogP contribution in [0.4, 0.5) is 4.39 Å². The van der Waals surface area contributed by atoms with E-state index >= 15 is 0 Å². The van der Waals surface area contributed by atoms with Gasteiger partial charge in [0.1, 0.15) is 0 Å². The number of ether oxygens (including phenoxy) is 2. The highest BCUT2D eigenvalue weighted by molar-refractivity contribution is 5.89. The topological polar surface area (TPSA) is 35.5 Å². The third-order valence-electron chi connectivity index (χ3n) is 1.57. The summed E-state index contributed by atoms with van der Waals surface area (Å²) in [7, 11) is 2.60. The van der Waals surface area contributed by atoms with Crippen molar-refractivity contribution in [3.05, 3.63) is 29.6 Å². The molecule has 0 spiro atoms. The fourth-order valence-electron chi connectivity index (χ4n) is 0.911. The van der Waals surface area contributed by atoms with E-state index in [1.165, 1.54) is 26.4 Å². The molecule has 0 aliphatic carbocycles. The van der Waals surface area contributed by atoms with Crippen LogP contribution in [0.2, 0.25) is 0 Å². The van der Waals surface area contributed by atoms with Gasteiger partial charge in [-0.2, -0.15) is 0 Å². The lowest BCUT2D eigenvalue weighted by Crippen LogP contribution is -2.02. The van der Waals surface area contributed by atoms with Crippen LogP contribution in [0.3, 0.4) is 0 Å². The van der Waals surface area contributed by atoms with E-state index in [2.05, 4.69) is 9.47 Å². The normalized spacial score (nSPS) is 9.46. The number of halogens is 1. The lowest BCUT2D eigenvalue weighted by atomic mass is 10.2. The quantitative estimate of drug-likeness (QED) is 0.653. The second kappa shape index (κ2) is 3.89. The van der Waals surface area contributed by atoms with E-state index in [9.17, 15) is 9.18 Å². The Hall–Kier alpha value is -1.58. The van der Waals surface area contributed by atoms with Crippen molar-refractivity contribution in [2.24, 2.45) is 0 Å². The van der Waals surface area contributed by atoms with Gasteiger partial charge >= 0.3 is 5.97 Å². The van der Waals surface area contributed by atoms with Crippen molar-refractivity contribution < 1.29 is 18.7 Å². The Balaban J connectivity index is 3.02. The number of carbonyl (C=O) groups excluding carboxylic acids is 1. The SMILES string of the molecule is COC(=O)c1ccc(OC)c([18F])c1. The van der Waals surface area contributed by atoms with Gasteiger partial charge in [-0.15, -0.1) is 0 Å². The first-order valence-electron chi connectivity index (χ1n) is 3.61. The van der Waals surface area contributed by atoms with E-state index in [4.69, 9.17) is 0 Å². The maximum absolute atomic E-state index is 13.0. The summed E-state index contributed by atoms with van der Waals surface area (Å²) >= 11 is 0. The smallest absolute Gasteiger partial charge is 0.337 e. The van der Waals surface area contributed by atoms with Crippen molar-refractivity contribution in [1.29, 1.82) is 0 Å². The van der Waals surface area contributed by atoms with Gasteiger partial charge in [-0.05, 0) is 18.2 Å². The van der Waals surface area contributed by atoms with Crippen LogP contribution < -0.4 is 4.74 Å². The first-order valence-corrected chi connectivity index (χ1v) is 3.61. The molecular weight excluding hydrogens is 174 g/mol. The minimum absolute atomic E-state index is 0.104. The Morgan fingerprint density at radius 2 is 2.08 bits per heavy atom. The van der Waals surface area contributed by atoms with Crippen LogP contribution in [0.5, 0.6) is 5.75 Å². The summed E-state index contributed by atoms with van der Waals surface area (Å²) in [6.45, 7) is 0. The van der Waals surface area contributed by atoms with Crippen LogP contribution in [0.25, 0.3) is 0 Å². The summed E-state index contributed by atoms with van der Waals surface area (Å²) in [4.78, 5) is 10.9. The molecule has 0 aromatic heterocycles.